The fourth-order valence-electron chi connectivity index (χ4n) is 1.67. The van der Waals surface area contributed by atoms with Gasteiger partial charge in [0.2, 0.25) is 0 Å². The van der Waals surface area contributed by atoms with Crippen molar-refractivity contribution in [2.45, 2.75) is 0 Å². The Morgan fingerprint density at radius 1 is 1.16 bits per heavy atom. The number of nitrogens with zero attached hydrogens (tertiary/aromatic N) is 2. The third kappa shape index (κ3) is 2.06. The fraction of sp³-hybridized carbons (Fsp3) is 0. The summed E-state index contributed by atoms with van der Waals surface area (Å²) < 4.78 is 0.868. The lowest BCUT2D eigenvalue weighted by Gasteiger charge is -2.09. The molecule has 98 valence electrons. The molecule has 19 heavy (non-hydrogen) atoms. The van der Waals surface area contributed by atoms with Gasteiger partial charge in [0.25, 0.3) is 5.69 Å². The van der Waals surface area contributed by atoms with Crippen LogP contribution in [-0.2, 0) is 0 Å². The van der Waals surface area contributed by atoms with Crippen molar-refractivity contribution in [2.75, 3.05) is 0 Å². The first-order chi connectivity index (χ1) is 8.91. The summed E-state index contributed by atoms with van der Waals surface area (Å²) in [6.07, 6.45) is 0. The number of aromatic hydroxyl groups is 2. The van der Waals surface area contributed by atoms with Crippen LogP contribution in [0.3, 0.4) is 0 Å². The molecule has 8 heteroatoms. The Balaban J connectivity index is 2.71. The highest BCUT2D eigenvalue weighted by Gasteiger charge is 2.20. The van der Waals surface area contributed by atoms with Gasteiger partial charge in [-0.25, -0.2) is 4.79 Å². The van der Waals surface area contributed by atoms with Crippen molar-refractivity contribution in [3.8, 4) is 17.4 Å². The van der Waals surface area contributed by atoms with Crippen molar-refractivity contribution in [1.82, 2.24) is 4.57 Å². The maximum Gasteiger partial charge on any atom is 0.338 e. The van der Waals surface area contributed by atoms with Gasteiger partial charge >= 0.3 is 5.97 Å². The molecule has 0 bridgehead atoms. The molecule has 0 fully saturated rings. The van der Waals surface area contributed by atoms with Crippen molar-refractivity contribution in [3.63, 3.8) is 0 Å². The Morgan fingerprint density at radius 3 is 2.21 bits per heavy atom. The lowest BCUT2D eigenvalue weighted by Crippen LogP contribution is -2.06. The molecule has 0 radical (unpaired) electrons. The van der Waals surface area contributed by atoms with Gasteiger partial charge < -0.3 is 15.3 Å². The SMILES string of the molecule is O=C(O)c1cc([N+](=O)[O-])ccc1-n1c(O)ccc1O. The van der Waals surface area contributed by atoms with Gasteiger partial charge in [0.15, 0.2) is 11.8 Å². The van der Waals surface area contributed by atoms with Crippen LogP contribution in [0.4, 0.5) is 5.69 Å². The quantitative estimate of drug-likeness (QED) is 0.569. The van der Waals surface area contributed by atoms with E-state index in [2.05, 4.69) is 0 Å². The molecule has 0 atom stereocenters. The first-order valence-corrected chi connectivity index (χ1v) is 5.03. The summed E-state index contributed by atoms with van der Waals surface area (Å²) in [6, 6.07) is 5.42. The minimum absolute atomic E-state index is 0.0712. The van der Waals surface area contributed by atoms with Gasteiger partial charge in [0.05, 0.1) is 16.2 Å². The first-order valence-electron chi connectivity index (χ1n) is 5.03. The molecule has 0 spiro atoms. The standard InChI is InChI=1S/C11H8N2O6/c14-9-3-4-10(15)12(9)8-2-1-6(13(18)19)5-7(8)11(16)17/h1-5,14-15H,(H,16,17). The molecule has 0 saturated carbocycles. The third-order valence-electron chi connectivity index (χ3n) is 2.50. The number of non-ortho nitro benzene ring substituents is 1. The number of aromatic carboxylic acids is 1. The predicted molar refractivity (Wildman–Crippen MR) is 62.7 cm³/mol. The van der Waals surface area contributed by atoms with Crippen LogP contribution in [0.15, 0.2) is 30.3 Å². The number of carboxylic acid groups (broad SMARTS) is 1. The first kappa shape index (κ1) is 12.4. The van der Waals surface area contributed by atoms with Crippen LogP contribution < -0.4 is 0 Å². The molecule has 1 heterocycles. The summed E-state index contributed by atoms with van der Waals surface area (Å²) in [4.78, 5) is 21.0. The summed E-state index contributed by atoms with van der Waals surface area (Å²) in [5.74, 6) is -2.17. The molecule has 2 aromatic rings. The molecule has 0 aliphatic heterocycles. The Hall–Kier alpha value is -3.03. The van der Waals surface area contributed by atoms with Crippen molar-refractivity contribution in [1.29, 1.82) is 0 Å². The molecule has 0 unspecified atom stereocenters. The molecule has 3 N–H and O–H groups in total. The highest BCUT2D eigenvalue weighted by Crippen LogP contribution is 2.30. The van der Waals surface area contributed by atoms with E-state index in [9.17, 15) is 25.1 Å². The maximum absolute atomic E-state index is 11.1. The summed E-state index contributed by atoms with van der Waals surface area (Å²) >= 11 is 0. The number of aromatic nitrogens is 1. The second kappa shape index (κ2) is 4.33. The molecule has 1 aromatic carbocycles. The number of nitro benzene ring substituents is 1. The normalized spacial score (nSPS) is 10.3. The van der Waals surface area contributed by atoms with Crippen LogP contribution in [0.25, 0.3) is 5.69 Å². The summed E-state index contributed by atoms with van der Waals surface area (Å²) in [7, 11) is 0. The molecule has 1 aromatic heterocycles. The second-order valence-electron chi connectivity index (χ2n) is 3.65. The molecular formula is C11H8N2O6. The van der Waals surface area contributed by atoms with Crippen LogP contribution in [0, 0.1) is 10.1 Å². The second-order valence-corrected chi connectivity index (χ2v) is 3.65. The van der Waals surface area contributed by atoms with Crippen LogP contribution in [0.1, 0.15) is 10.4 Å². The van der Waals surface area contributed by atoms with Crippen LogP contribution in [0.5, 0.6) is 11.8 Å². The number of hydrogen-bond donors (Lipinski definition) is 3. The Bertz CT molecular complexity index is 656. The monoisotopic (exact) mass is 264 g/mol. The van der Waals surface area contributed by atoms with Crippen LogP contribution >= 0.6 is 0 Å². The van der Waals surface area contributed by atoms with Crippen molar-refractivity contribution >= 4 is 11.7 Å². The fourth-order valence-corrected chi connectivity index (χ4v) is 1.67. The lowest BCUT2D eigenvalue weighted by atomic mass is 10.1. The molecular weight excluding hydrogens is 256 g/mol. The number of carbonyl (C=O) groups is 1. The molecule has 0 aliphatic carbocycles. The predicted octanol–water partition coefficient (Wildman–Crippen LogP) is 1.49. The van der Waals surface area contributed by atoms with E-state index in [1.165, 1.54) is 12.1 Å². The molecule has 2 rings (SSSR count). The molecule has 8 nitrogen and oxygen atoms in total. The maximum atomic E-state index is 11.1. The Morgan fingerprint density at radius 2 is 1.74 bits per heavy atom. The van der Waals surface area contributed by atoms with Crippen molar-refractivity contribution < 1.29 is 25.0 Å². The van der Waals surface area contributed by atoms with Crippen LogP contribution in [0.2, 0.25) is 0 Å². The zero-order valence-electron chi connectivity index (χ0n) is 9.35. The van der Waals surface area contributed by atoms with E-state index in [0.29, 0.717) is 0 Å². The average molecular weight is 264 g/mol. The van der Waals surface area contributed by atoms with Gasteiger partial charge in [-0.3, -0.25) is 14.7 Å². The third-order valence-corrected chi connectivity index (χ3v) is 2.50. The minimum Gasteiger partial charge on any atom is -0.494 e. The highest BCUT2D eigenvalue weighted by atomic mass is 16.6. The van der Waals surface area contributed by atoms with Crippen LogP contribution in [-0.4, -0.2) is 30.8 Å². The Labute approximate surface area is 105 Å². The zero-order chi connectivity index (χ0) is 14.2. The Kier molecular flexibility index (Phi) is 2.83. The van der Waals surface area contributed by atoms with Gasteiger partial charge in [0, 0.05) is 24.3 Å². The topological polar surface area (TPSA) is 126 Å². The van der Waals surface area contributed by atoms with Crippen molar-refractivity contribution in [2.24, 2.45) is 0 Å². The largest absolute Gasteiger partial charge is 0.494 e. The lowest BCUT2D eigenvalue weighted by molar-refractivity contribution is -0.384. The van der Waals surface area contributed by atoms with E-state index >= 15 is 0 Å². The van der Waals surface area contributed by atoms with E-state index in [4.69, 9.17) is 5.11 Å². The van der Waals surface area contributed by atoms with E-state index in [1.54, 1.807) is 0 Å². The van der Waals surface area contributed by atoms with Gasteiger partial charge in [0.1, 0.15) is 0 Å². The van der Waals surface area contributed by atoms with Gasteiger partial charge in [-0.2, -0.15) is 0 Å². The number of carboxylic acids is 1. The smallest absolute Gasteiger partial charge is 0.338 e. The van der Waals surface area contributed by atoms with E-state index in [1.807, 2.05) is 0 Å². The molecule has 0 aliphatic rings. The number of nitro groups is 1. The van der Waals surface area contributed by atoms with Gasteiger partial charge in [-0.05, 0) is 6.07 Å². The molecule has 0 saturated heterocycles. The summed E-state index contributed by atoms with van der Waals surface area (Å²) in [5.41, 5.74) is -0.874. The highest BCUT2D eigenvalue weighted by molar-refractivity contribution is 5.93. The van der Waals surface area contributed by atoms with E-state index < -0.39 is 22.1 Å². The van der Waals surface area contributed by atoms with Gasteiger partial charge in [-0.15, -0.1) is 0 Å². The number of hydrogen-bond acceptors (Lipinski definition) is 5. The average Bonchev–Trinajstić information content (AvgIpc) is 2.68. The molecule has 0 amide bonds. The van der Waals surface area contributed by atoms with E-state index in [-0.39, 0.29) is 17.4 Å². The zero-order valence-corrected chi connectivity index (χ0v) is 9.35. The van der Waals surface area contributed by atoms with E-state index in [0.717, 1.165) is 22.8 Å². The van der Waals surface area contributed by atoms with Crippen molar-refractivity contribution in [3.05, 3.63) is 46.0 Å². The number of rotatable bonds is 3. The summed E-state index contributed by atoms with van der Waals surface area (Å²) in [6.45, 7) is 0. The summed E-state index contributed by atoms with van der Waals surface area (Å²) in [5, 5.41) is 38.8. The number of benzene rings is 1. The minimum atomic E-state index is -1.41. The van der Waals surface area contributed by atoms with Gasteiger partial charge in [-0.1, -0.05) is 0 Å².